The van der Waals surface area contributed by atoms with E-state index in [4.69, 9.17) is 4.74 Å². The van der Waals surface area contributed by atoms with Crippen molar-refractivity contribution in [1.29, 1.82) is 0 Å². The lowest BCUT2D eigenvalue weighted by Gasteiger charge is -2.21. The van der Waals surface area contributed by atoms with E-state index in [0.717, 1.165) is 17.7 Å². The van der Waals surface area contributed by atoms with Gasteiger partial charge in [-0.1, -0.05) is 32.9 Å². The van der Waals surface area contributed by atoms with Crippen molar-refractivity contribution < 1.29 is 31.5 Å². The number of pyridine rings is 2. The first kappa shape index (κ1) is 24.3. The van der Waals surface area contributed by atoms with Gasteiger partial charge in [0.25, 0.3) is 5.91 Å². The fraction of sp³-hybridized carbons (Fsp3) is 0.227. The zero-order valence-electron chi connectivity index (χ0n) is 17.8. The number of amides is 1. The number of rotatable bonds is 5. The van der Waals surface area contributed by atoms with Crippen LogP contribution in [0.15, 0.2) is 59.8 Å². The molecule has 2 N–H and O–H groups in total. The van der Waals surface area contributed by atoms with E-state index in [1.165, 1.54) is 30.6 Å². The lowest BCUT2D eigenvalue weighted by molar-refractivity contribution is -0.141. The zero-order chi connectivity index (χ0) is 24.4. The summed E-state index contributed by atoms with van der Waals surface area (Å²) < 4.78 is 65.2. The van der Waals surface area contributed by atoms with Crippen LogP contribution in [-0.4, -0.2) is 24.6 Å². The van der Waals surface area contributed by atoms with Crippen molar-refractivity contribution in [2.45, 2.75) is 37.3 Å². The van der Waals surface area contributed by atoms with Crippen LogP contribution >= 0.6 is 0 Å². The molecule has 1 atom stereocenters. The Kier molecular flexibility index (Phi) is 6.84. The second-order valence-electron chi connectivity index (χ2n) is 8.03. The van der Waals surface area contributed by atoms with Crippen LogP contribution in [0.4, 0.5) is 18.9 Å². The van der Waals surface area contributed by atoms with E-state index in [1.807, 2.05) is 20.8 Å². The Bertz CT molecular complexity index is 1210. The van der Waals surface area contributed by atoms with E-state index in [1.54, 1.807) is 12.1 Å². The molecule has 7 nitrogen and oxygen atoms in total. The monoisotopic (exact) mass is 479 g/mol. The molecule has 0 saturated heterocycles. The summed E-state index contributed by atoms with van der Waals surface area (Å²) in [5.74, 6) is -0.981. The van der Waals surface area contributed by atoms with Crippen LogP contribution in [0.5, 0.6) is 11.6 Å². The number of nitrogens with zero attached hydrogens (tertiary/aromatic N) is 2. The molecule has 0 aliphatic heterocycles. The average Bonchev–Trinajstić information content (AvgIpc) is 2.72. The number of hydrogen-bond acceptors (Lipinski definition) is 5. The smallest absolute Gasteiger partial charge is 0.433 e. The van der Waals surface area contributed by atoms with Gasteiger partial charge in [0.15, 0.2) is 11.1 Å². The Labute approximate surface area is 190 Å². The summed E-state index contributed by atoms with van der Waals surface area (Å²) in [5, 5.41) is 2.55. The maximum Gasteiger partial charge on any atom is 0.433 e. The van der Waals surface area contributed by atoms with Crippen LogP contribution in [-0.2, 0) is 22.7 Å². The maximum atomic E-state index is 13.0. The lowest BCUT2D eigenvalue weighted by Crippen LogP contribution is -2.16. The molecule has 0 spiro atoms. The van der Waals surface area contributed by atoms with Gasteiger partial charge in [-0.05, 0) is 35.2 Å². The van der Waals surface area contributed by atoms with Gasteiger partial charge >= 0.3 is 6.18 Å². The van der Waals surface area contributed by atoms with Gasteiger partial charge in [-0.25, -0.2) is 9.19 Å². The zero-order valence-corrected chi connectivity index (χ0v) is 18.6. The molecule has 1 amide bonds. The molecular weight excluding hydrogens is 459 g/mol. The summed E-state index contributed by atoms with van der Waals surface area (Å²) >= 11 is -2.29. The number of halogens is 3. The third kappa shape index (κ3) is 6.14. The predicted molar refractivity (Wildman–Crippen MR) is 116 cm³/mol. The third-order valence-electron chi connectivity index (χ3n) is 4.49. The lowest BCUT2D eigenvalue weighted by atomic mass is 9.86. The van der Waals surface area contributed by atoms with Gasteiger partial charge in [0, 0.05) is 12.3 Å². The standard InChI is InChI=1S/C22H20F3N3O4S/c1-21(2,3)13-7-8-16(20(29)27-14-10-15(33(30)31)12-26-11-14)17(9-13)32-19-6-4-5-18(28-19)22(23,24)25/h4-12H,1-3H3,(H,27,29)(H,30,31). The van der Waals surface area contributed by atoms with Crippen LogP contribution < -0.4 is 10.1 Å². The van der Waals surface area contributed by atoms with Crippen molar-refractivity contribution in [3.8, 4) is 11.6 Å². The number of alkyl halides is 3. The number of aromatic nitrogens is 2. The molecule has 1 unspecified atom stereocenters. The normalized spacial score (nSPS) is 12.8. The van der Waals surface area contributed by atoms with E-state index in [2.05, 4.69) is 15.3 Å². The van der Waals surface area contributed by atoms with Crippen LogP contribution in [0, 0.1) is 0 Å². The van der Waals surface area contributed by atoms with E-state index in [9.17, 15) is 26.7 Å². The molecule has 0 fully saturated rings. The number of nitrogens with one attached hydrogen (secondary N) is 1. The fourth-order valence-corrected chi connectivity index (χ4v) is 3.16. The topological polar surface area (TPSA) is 101 Å². The van der Waals surface area contributed by atoms with Crippen molar-refractivity contribution in [2.75, 3.05) is 5.32 Å². The molecular formula is C22H20F3N3O4S. The molecule has 0 aliphatic rings. The summed E-state index contributed by atoms with van der Waals surface area (Å²) in [4.78, 5) is 20.2. The Morgan fingerprint density at radius 3 is 2.45 bits per heavy atom. The molecule has 0 radical (unpaired) electrons. The Morgan fingerprint density at radius 1 is 1.09 bits per heavy atom. The van der Waals surface area contributed by atoms with E-state index in [-0.39, 0.29) is 33.2 Å². The number of hydrogen-bond donors (Lipinski definition) is 2. The van der Waals surface area contributed by atoms with Crippen LogP contribution in [0.2, 0.25) is 0 Å². The largest absolute Gasteiger partial charge is 0.438 e. The number of anilines is 1. The molecule has 1 aromatic carbocycles. The number of benzene rings is 1. The minimum absolute atomic E-state index is 0.00148. The first-order valence-electron chi connectivity index (χ1n) is 9.58. The molecule has 33 heavy (non-hydrogen) atoms. The quantitative estimate of drug-likeness (QED) is 0.474. The Balaban J connectivity index is 1.99. The van der Waals surface area contributed by atoms with Crippen molar-refractivity contribution in [3.05, 3.63) is 71.7 Å². The van der Waals surface area contributed by atoms with Crippen molar-refractivity contribution >= 4 is 22.7 Å². The third-order valence-corrected chi connectivity index (χ3v) is 5.12. The van der Waals surface area contributed by atoms with Crippen molar-refractivity contribution in [1.82, 2.24) is 9.97 Å². The van der Waals surface area contributed by atoms with Gasteiger partial charge in [0.05, 0.1) is 22.3 Å². The van der Waals surface area contributed by atoms with Gasteiger partial charge in [-0.2, -0.15) is 13.2 Å². The molecule has 174 valence electrons. The number of ether oxygens (including phenoxy) is 1. The van der Waals surface area contributed by atoms with Crippen molar-refractivity contribution in [3.63, 3.8) is 0 Å². The molecule has 0 saturated carbocycles. The van der Waals surface area contributed by atoms with E-state index >= 15 is 0 Å². The summed E-state index contributed by atoms with van der Waals surface area (Å²) in [6.07, 6.45) is -2.19. The Morgan fingerprint density at radius 2 is 1.82 bits per heavy atom. The summed E-state index contributed by atoms with van der Waals surface area (Å²) in [6.45, 7) is 5.79. The number of carbonyl (C=O) groups is 1. The van der Waals surface area contributed by atoms with Gasteiger partial charge in [0.2, 0.25) is 5.88 Å². The molecule has 2 heterocycles. The van der Waals surface area contributed by atoms with Gasteiger partial charge in [-0.15, -0.1) is 0 Å². The highest BCUT2D eigenvalue weighted by atomic mass is 32.2. The minimum atomic E-state index is -4.66. The second-order valence-corrected chi connectivity index (χ2v) is 9.00. The van der Waals surface area contributed by atoms with Crippen LogP contribution in [0.25, 0.3) is 0 Å². The van der Waals surface area contributed by atoms with Crippen LogP contribution in [0.1, 0.15) is 42.4 Å². The van der Waals surface area contributed by atoms with Crippen LogP contribution in [0.3, 0.4) is 0 Å². The summed E-state index contributed by atoms with van der Waals surface area (Å²) in [5.41, 5.74) is -0.503. The predicted octanol–water partition coefficient (Wildman–Crippen LogP) is 5.42. The number of carbonyl (C=O) groups excluding carboxylic acids is 1. The first-order chi connectivity index (χ1) is 15.3. The van der Waals surface area contributed by atoms with Gasteiger partial charge < -0.3 is 14.6 Å². The highest BCUT2D eigenvalue weighted by molar-refractivity contribution is 7.79. The molecule has 11 heteroatoms. The molecule has 0 bridgehead atoms. The maximum absolute atomic E-state index is 13.0. The fourth-order valence-electron chi connectivity index (χ4n) is 2.78. The van der Waals surface area contributed by atoms with E-state index in [0.29, 0.717) is 0 Å². The highest BCUT2D eigenvalue weighted by Crippen LogP contribution is 2.33. The van der Waals surface area contributed by atoms with E-state index < -0.39 is 28.9 Å². The van der Waals surface area contributed by atoms with Gasteiger partial charge in [0.1, 0.15) is 11.4 Å². The minimum Gasteiger partial charge on any atom is -0.438 e. The van der Waals surface area contributed by atoms with Gasteiger partial charge in [-0.3, -0.25) is 9.78 Å². The first-order valence-corrected chi connectivity index (χ1v) is 10.7. The second kappa shape index (κ2) is 9.28. The summed E-state index contributed by atoms with van der Waals surface area (Å²) in [6, 6.07) is 9.26. The molecule has 2 aromatic heterocycles. The highest BCUT2D eigenvalue weighted by Gasteiger charge is 2.33. The average molecular weight is 479 g/mol. The summed E-state index contributed by atoms with van der Waals surface area (Å²) in [7, 11) is 0. The SMILES string of the molecule is CC(C)(C)c1ccc(C(=O)Nc2cncc(S(=O)O)c2)c(Oc2cccc(C(F)(F)F)n2)c1. The van der Waals surface area contributed by atoms with Crippen molar-refractivity contribution in [2.24, 2.45) is 0 Å². The Hall–Kier alpha value is -3.31. The molecule has 0 aliphatic carbocycles. The molecule has 3 rings (SSSR count). The molecule has 3 aromatic rings.